The van der Waals surface area contributed by atoms with Crippen molar-refractivity contribution in [1.29, 1.82) is 0 Å². The zero-order valence-corrected chi connectivity index (χ0v) is 13.0. The van der Waals surface area contributed by atoms with E-state index in [9.17, 15) is 14.7 Å². The molecule has 120 valence electrons. The average Bonchev–Trinajstić information content (AvgIpc) is 2.47. The Kier molecular flexibility index (Phi) is 5.42. The van der Waals surface area contributed by atoms with E-state index in [0.717, 1.165) is 19.3 Å². The van der Waals surface area contributed by atoms with Crippen LogP contribution in [0.2, 0.25) is 5.02 Å². The van der Waals surface area contributed by atoms with E-state index in [2.05, 4.69) is 5.32 Å². The Morgan fingerprint density at radius 1 is 1.23 bits per heavy atom. The van der Waals surface area contributed by atoms with Crippen LogP contribution in [-0.2, 0) is 9.59 Å². The lowest BCUT2D eigenvalue weighted by atomic mass is 9.79. The number of hydrogen-bond acceptors (Lipinski definition) is 3. The Balaban J connectivity index is 2.14. The van der Waals surface area contributed by atoms with Crippen LogP contribution in [0.15, 0.2) is 24.3 Å². The number of hydrogen-bond donors (Lipinski definition) is 3. The number of aliphatic carboxylic acids is 1. The lowest BCUT2D eigenvalue weighted by Crippen LogP contribution is -2.52. The number of halogens is 1. The van der Waals surface area contributed by atoms with E-state index < -0.39 is 23.5 Å². The zero-order valence-electron chi connectivity index (χ0n) is 12.2. The molecule has 1 aliphatic rings. The van der Waals surface area contributed by atoms with Crippen LogP contribution in [0, 0.1) is 0 Å². The van der Waals surface area contributed by atoms with E-state index in [4.69, 9.17) is 16.7 Å². The fraction of sp³-hybridized carbons (Fsp3) is 0.500. The Morgan fingerprint density at radius 2 is 1.86 bits per heavy atom. The molecule has 0 aliphatic heterocycles. The van der Waals surface area contributed by atoms with Gasteiger partial charge in [-0.3, -0.25) is 9.59 Å². The van der Waals surface area contributed by atoms with Crippen LogP contribution >= 0.6 is 11.6 Å². The molecule has 0 heterocycles. The van der Waals surface area contributed by atoms with Crippen LogP contribution in [0.4, 0.5) is 0 Å². The third kappa shape index (κ3) is 3.99. The molecule has 0 aromatic heterocycles. The molecular formula is C16H20ClNO4. The average molecular weight is 326 g/mol. The zero-order chi connectivity index (χ0) is 16.2. The molecule has 6 heteroatoms. The number of carboxylic acid groups (broad SMARTS) is 1. The van der Waals surface area contributed by atoms with Gasteiger partial charge >= 0.3 is 5.97 Å². The van der Waals surface area contributed by atoms with Crippen LogP contribution in [0.1, 0.15) is 50.2 Å². The third-order valence-electron chi connectivity index (χ3n) is 4.14. The van der Waals surface area contributed by atoms with Gasteiger partial charge < -0.3 is 15.5 Å². The molecule has 1 aromatic rings. The Hall–Kier alpha value is -1.59. The molecule has 0 saturated heterocycles. The van der Waals surface area contributed by atoms with E-state index in [0.29, 0.717) is 23.4 Å². The summed E-state index contributed by atoms with van der Waals surface area (Å²) in [4.78, 5) is 23.5. The second-order valence-corrected chi connectivity index (χ2v) is 6.23. The first kappa shape index (κ1) is 16.8. The molecule has 1 aromatic carbocycles. The molecule has 1 amide bonds. The number of carboxylic acids is 1. The molecule has 0 bridgehead atoms. The van der Waals surface area contributed by atoms with Crippen LogP contribution in [0.5, 0.6) is 0 Å². The van der Waals surface area contributed by atoms with E-state index in [1.54, 1.807) is 24.3 Å². The molecule has 1 aliphatic carbocycles. The van der Waals surface area contributed by atoms with Crippen molar-refractivity contribution < 1.29 is 19.8 Å². The highest BCUT2D eigenvalue weighted by molar-refractivity contribution is 6.31. The maximum absolute atomic E-state index is 12.3. The van der Waals surface area contributed by atoms with Gasteiger partial charge in [0.05, 0.1) is 12.0 Å². The van der Waals surface area contributed by atoms with Gasteiger partial charge in [0.1, 0.15) is 0 Å². The quantitative estimate of drug-likeness (QED) is 0.776. The Morgan fingerprint density at radius 3 is 2.45 bits per heavy atom. The summed E-state index contributed by atoms with van der Waals surface area (Å²) in [6.07, 6.45) is 2.46. The summed E-state index contributed by atoms with van der Waals surface area (Å²) in [6, 6.07) is 6.58. The third-order valence-corrected chi connectivity index (χ3v) is 4.48. The largest absolute Gasteiger partial charge is 0.481 e. The number of rotatable bonds is 5. The van der Waals surface area contributed by atoms with Gasteiger partial charge in [-0.25, -0.2) is 0 Å². The summed E-state index contributed by atoms with van der Waals surface area (Å²) >= 11 is 5.99. The summed E-state index contributed by atoms with van der Waals surface area (Å²) in [5.41, 5.74) is -0.452. The first-order chi connectivity index (χ1) is 10.4. The number of aliphatic hydroxyl groups is 1. The summed E-state index contributed by atoms with van der Waals surface area (Å²) in [5.74, 6) is -1.55. The van der Waals surface area contributed by atoms with Gasteiger partial charge in [-0.2, -0.15) is 0 Å². The first-order valence-corrected chi connectivity index (χ1v) is 7.78. The number of carbonyl (C=O) groups is 2. The van der Waals surface area contributed by atoms with Crippen molar-refractivity contribution >= 4 is 23.5 Å². The summed E-state index contributed by atoms with van der Waals surface area (Å²) in [5, 5.41) is 22.4. The molecule has 0 spiro atoms. The van der Waals surface area contributed by atoms with E-state index in [-0.39, 0.29) is 6.42 Å². The molecule has 1 fully saturated rings. The van der Waals surface area contributed by atoms with Crippen molar-refractivity contribution in [3.8, 4) is 0 Å². The lowest BCUT2D eigenvalue weighted by Gasteiger charge is -2.37. The standard InChI is InChI=1S/C16H20ClNO4/c17-12-7-3-2-6-11(12)14(21)15(22)18-16(10-13(19)20)8-4-1-5-9-16/h2-3,6-7,14,21H,1,4-5,8-10H2,(H,18,22)(H,19,20). The topological polar surface area (TPSA) is 86.6 Å². The van der Waals surface area contributed by atoms with Crippen molar-refractivity contribution in [2.75, 3.05) is 0 Å². The fourth-order valence-corrected chi connectivity index (χ4v) is 3.27. The summed E-state index contributed by atoms with van der Waals surface area (Å²) < 4.78 is 0. The maximum Gasteiger partial charge on any atom is 0.305 e. The highest BCUT2D eigenvalue weighted by Crippen LogP contribution is 2.32. The van der Waals surface area contributed by atoms with Crippen molar-refractivity contribution in [2.24, 2.45) is 0 Å². The predicted octanol–water partition coefficient (Wildman–Crippen LogP) is 2.67. The number of benzene rings is 1. The summed E-state index contributed by atoms with van der Waals surface area (Å²) in [7, 11) is 0. The molecule has 1 saturated carbocycles. The van der Waals surface area contributed by atoms with E-state index in [1.165, 1.54) is 0 Å². The fourth-order valence-electron chi connectivity index (χ4n) is 3.03. The molecule has 0 radical (unpaired) electrons. The van der Waals surface area contributed by atoms with E-state index >= 15 is 0 Å². The van der Waals surface area contributed by atoms with Gasteiger partial charge in [0.15, 0.2) is 6.10 Å². The number of amides is 1. The molecular weight excluding hydrogens is 306 g/mol. The van der Waals surface area contributed by atoms with Crippen molar-refractivity contribution in [3.63, 3.8) is 0 Å². The van der Waals surface area contributed by atoms with Gasteiger partial charge in [0.25, 0.3) is 5.91 Å². The molecule has 22 heavy (non-hydrogen) atoms. The molecule has 1 unspecified atom stereocenters. The van der Waals surface area contributed by atoms with Gasteiger partial charge in [-0.1, -0.05) is 49.1 Å². The molecule has 3 N–H and O–H groups in total. The van der Waals surface area contributed by atoms with Gasteiger partial charge in [-0.05, 0) is 18.9 Å². The second-order valence-electron chi connectivity index (χ2n) is 5.82. The second kappa shape index (κ2) is 7.11. The van der Waals surface area contributed by atoms with Crippen LogP contribution < -0.4 is 5.32 Å². The maximum atomic E-state index is 12.3. The minimum Gasteiger partial charge on any atom is -0.481 e. The van der Waals surface area contributed by atoms with Crippen LogP contribution in [0.3, 0.4) is 0 Å². The number of nitrogens with one attached hydrogen (secondary N) is 1. The number of aliphatic hydroxyl groups excluding tert-OH is 1. The van der Waals surface area contributed by atoms with Crippen molar-refractivity contribution in [1.82, 2.24) is 5.32 Å². The normalized spacial score (nSPS) is 18.5. The SMILES string of the molecule is O=C(O)CC1(NC(=O)C(O)c2ccccc2Cl)CCCCC1. The minimum absolute atomic E-state index is 0.131. The number of carbonyl (C=O) groups excluding carboxylic acids is 1. The van der Waals surface area contributed by atoms with Gasteiger partial charge in [-0.15, -0.1) is 0 Å². The van der Waals surface area contributed by atoms with Gasteiger partial charge in [0.2, 0.25) is 0 Å². The predicted molar refractivity (Wildman–Crippen MR) is 82.6 cm³/mol. The van der Waals surface area contributed by atoms with Crippen molar-refractivity contribution in [2.45, 2.75) is 50.2 Å². The highest BCUT2D eigenvalue weighted by Gasteiger charge is 2.37. The van der Waals surface area contributed by atoms with Crippen LogP contribution in [0.25, 0.3) is 0 Å². The van der Waals surface area contributed by atoms with Crippen molar-refractivity contribution in [3.05, 3.63) is 34.9 Å². The van der Waals surface area contributed by atoms with Crippen LogP contribution in [-0.4, -0.2) is 27.6 Å². The first-order valence-electron chi connectivity index (χ1n) is 7.40. The molecule has 1 atom stereocenters. The lowest BCUT2D eigenvalue weighted by molar-refractivity contribution is -0.140. The minimum atomic E-state index is -1.40. The smallest absolute Gasteiger partial charge is 0.305 e. The van der Waals surface area contributed by atoms with E-state index in [1.807, 2.05) is 0 Å². The molecule has 5 nitrogen and oxygen atoms in total. The monoisotopic (exact) mass is 325 g/mol. The Labute approximate surface area is 134 Å². The summed E-state index contributed by atoms with van der Waals surface area (Å²) in [6.45, 7) is 0. The highest BCUT2D eigenvalue weighted by atomic mass is 35.5. The molecule has 2 rings (SSSR count). The Bertz CT molecular complexity index is 555. The van der Waals surface area contributed by atoms with Gasteiger partial charge in [0, 0.05) is 10.6 Å².